The number of nitrogens with one attached hydrogen (secondary N) is 1. The summed E-state index contributed by atoms with van der Waals surface area (Å²) < 4.78 is 10.4. The van der Waals surface area contributed by atoms with E-state index in [1.54, 1.807) is 11.8 Å². The van der Waals surface area contributed by atoms with E-state index in [-0.39, 0.29) is 29.7 Å². The quantitative estimate of drug-likeness (QED) is 0.394. The average molecular weight is 494 g/mol. The summed E-state index contributed by atoms with van der Waals surface area (Å²) in [4.78, 5) is 48.8. The fraction of sp³-hybridized carbons (Fsp3) is 0.423. The highest BCUT2D eigenvalue weighted by atomic mass is 16.5. The average Bonchev–Trinajstić information content (AvgIpc) is 3.49. The second-order valence-electron chi connectivity index (χ2n) is 9.12. The number of aryl methyl sites for hydroxylation is 1. The number of amides is 1. The summed E-state index contributed by atoms with van der Waals surface area (Å²) in [5.41, 5.74) is 3.54. The van der Waals surface area contributed by atoms with E-state index < -0.39 is 5.97 Å². The topological polar surface area (TPSA) is 122 Å². The molecule has 190 valence electrons. The van der Waals surface area contributed by atoms with Crippen molar-refractivity contribution in [1.29, 1.82) is 0 Å². The second kappa shape index (κ2) is 10.4. The van der Waals surface area contributed by atoms with E-state index >= 15 is 0 Å². The third-order valence-corrected chi connectivity index (χ3v) is 6.72. The highest BCUT2D eigenvalue weighted by molar-refractivity contribution is 6.01. The molecule has 1 aliphatic rings. The minimum atomic E-state index is -0.567. The Morgan fingerprint density at radius 3 is 2.39 bits per heavy atom. The summed E-state index contributed by atoms with van der Waals surface area (Å²) in [6.07, 6.45) is -0.0162. The fourth-order valence-electron chi connectivity index (χ4n) is 4.52. The molecule has 0 spiro atoms. The largest absolute Gasteiger partial charge is 0.465 e. The minimum absolute atomic E-state index is 0.0162. The maximum atomic E-state index is 13.1. The van der Waals surface area contributed by atoms with E-state index in [2.05, 4.69) is 20.0 Å². The first-order valence-corrected chi connectivity index (χ1v) is 11.9. The van der Waals surface area contributed by atoms with Crippen LogP contribution in [-0.2, 0) is 16.0 Å². The Kier molecular flexibility index (Phi) is 7.35. The first-order valence-electron chi connectivity index (χ1n) is 11.9. The molecule has 1 fully saturated rings. The molecule has 3 heterocycles. The van der Waals surface area contributed by atoms with Gasteiger partial charge in [0.25, 0.3) is 0 Å². The number of esters is 1. The van der Waals surface area contributed by atoms with Crippen molar-refractivity contribution >= 4 is 17.7 Å². The van der Waals surface area contributed by atoms with Crippen LogP contribution in [0.3, 0.4) is 0 Å². The number of piperazine rings is 1. The van der Waals surface area contributed by atoms with E-state index in [1.165, 1.54) is 14.0 Å². The van der Waals surface area contributed by atoms with Crippen molar-refractivity contribution in [2.24, 2.45) is 0 Å². The van der Waals surface area contributed by atoms with Gasteiger partial charge in [0.15, 0.2) is 5.78 Å². The van der Waals surface area contributed by atoms with E-state index in [1.807, 2.05) is 38.1 Å². The van der Waals surface area contributed by atoms with Crippen LogP contribution in [0.25, 0.3) is 11.4 Å². The standard InChI is InChI=1S/C26H31N5O5/c1-15-6-8-19(9-7-15)24-28-25(36-29-24)17(3)30-10-12-31(13-11-30)21(33)14-20-22(26(34)35-5)16(2)23(27-20)18(4)32/h6-9,17,27H,10-14H2,1-5H3. The molecule has 10 heteroatoms. The summed E-state index contributed by atoms with van der Waals surface area (Å²) in [7, 11) is 1.28. The maximum absolute atomic E-state index is 13.1. The lowest BCUT2D eigenvalue weighted by Gasteiger charge is -2.36. The van der Waals surface area contributed by atoms with Gasteiger partial charge in [-0.15, -0.1) is 0 Å². The fourth-order valence-corrected chi connectivity index (χ4v) is 4.52. The number of methoxy groups -OCH3 is 1. The van der Waals surface area contributed by atoms with Gasteiger partial charge in [0, 0.05) is 44.4 Å². The van der Waals surface area contributed by atoms with Crippen LogP contribution in [0.4, 0.5) is 0 Å². The monoisotopic (exact) mass is 493 g/mol. The van der Waals surface area contributed by atoms with Crippen molar-refractivity contribution in [2.45, 2.75) is 40.2 Å². The van der Waals surface area contributed by atoms with Crippen molar-refractivity contribution in [2.75, 3.05) is 33.3 Å². The molecular weight excluding hydrogens is 462 g/mol. The van der Waals surface area contributed by atoms with Gasteiger partial charge in [0.05, 0.1) is 30.8 Å². The summed E-state index contributed by atoms with van der Waals surface area (Å²) >= 11 is 0. The Morgan fingerprint density at radius 2 is 1.78 bits per heavy atom. The van der Waals surface area contributed by atoms with E-state index in [0.717, 1.165) is 11.1 Å². The number of benzene rings is 1. The van der Waals surface area contributed by atoms with Gasteiger partial charge in [0.2, 0.25) is 17.6 Å². The van der Waals surface area contributed by atoms with Gasteiger partial charge in [-0.25, -0.2) is 4.79 Å². The molecule has 10 nitrogen and oxygen atoms in total. The number of Topliss-reactive ketones (excluding diaryl/α,β-unsaturated/α-hetero) is 1. The van der Waals surface area contributed by atoms with Gasteiger partial charge < -0.3 is 19.1 Å². The van der Waals surface area contributed by atoms with Crippen molar-refractivity contribution in [3.63, 3.8) is 0 Å². The number of hydrogen-bond donors (Lipinski definition) is 1. The number of carbonyl (C=O) groups excluding carboxylic acids is 3. The van der Waals surface area contributed by atoms with Crippen molar-refractivity contribution in [3.05, 3.63) is 58.2 Å². The lowest BCUT2D eigenvalue weighted by atomic mass is 10.1. The van der Waals surface area contributed by atoms with Crippen LogP contribution < -0.4 is 0 Å². The molecule has 1 atom stereocenters. The summed E-state index contributed by atoms with van der Waals surface area (Å²) in [5, 5.41) is 4.13. The number of nitrogens with zero attached hydrogens (tertiary/aromatic N) is 4. The van der Waals surface area contributed by atoms with Gasteiger partial charge in [-0.2, -0.15) is 4.98 Å². The lowest BCUT2D eigenvalue weighted by molar-refractivity contribution is -0.132. The first kappa shape index (κ1) is 25.3. The zero-order valence-electron chi connectivity index (χ0n) is 21.3. The predicted molar refractivity (Wildman–Crippen MR) is 132 cm³/mol. The Labute approximate surface area is 209 Å². The van der Waals surface area contributed by atoms with Gasteiger partial charge in [0.1, 0.15) is 0 Å². The molecule has 36 heavy (non-hydrogen) atoms. The predicted octanol–water partition coefficient (Wildman–Crippen LogP) is 3.12. The molecule has 1 N–H and O–H groups in total. The van der Waals surface area contributed by atoms with Crippen LogP contribution >= 0.6 is 0 Å². The minimum Gasteiger partial charge on any atom is -0.465 e. The van der Waals surface area contributed by atoms with Crippen LogP contribution in [0.1, 0.15) is 63.4 Å². The number of carbonyl (C=O) groups is 3. The molecule has 1 amide bonds. The Morgan fingerprint density at radius 1 is 1.11 bits per heavy atom. The van der Waals surface area contributed by atoms with Gasteiger partial charge in [-0.3, -0.25) is 14.5 Å². The van der Waals surface area contributed by atoms with E-state index in [9.17, 15) is 14.4 Å². The first-order chi connectivity index (χ1) is 17.2. The van der Waals surface area contributed by atoms with Crippen molar-refractivity contribution in [1.82, 2.24) is 24.9 Å². The summed E-state index contributed by atoms with van der Waals surface area (Å²) in [6, 6.07) is 7.86. The number of hydrogen-bond acceptors (Lipinski definition) is 8. The number of H-pyrrole nitrogens is 1. The molecule has 1 saturated heterocycles. The number of aromatic amines is 1. The van der Waals surface area contributed by atoms with Crippen LogP contribution in [-0.4, -0.2) is 75.9 Å². The normalized spacial score (nSPS) is 15.1. The molecule has 1 aliphatic heterocycles. The molecule has 0 saturated carbocycles. The Balaban J connectivity index is 1.39. The van der Waals surface area contributed by atoms with Crippen molar-refractivity contribution < 1.29 is 23.6 Å². The molecule has 0 bridgehead atoms. The van der Waals surface area contributed by atoms with Gasteiger partial charge >= 0.3 is 5.97 Å². The van der Waals surface area contributed by atoms with Crippen LogP contribution in [0.2, 0.25) is 0 Å². The third kappa shape index (κ3) is 5.08. The Hall–Kier alpha value is -3.79. The number of ketones is 1. The molecule has 3 aromatic rings. The number of aromatic nitrogens is 3. The SMILES string of the molecule is COC(=O)c1c(CC(=O)N2CCN(C(C)c3nc(-c4ccc(C)cc4)no3)CC2)[nH]c(C(C)=O)c1C. The molecule has 4 rings (SSSR count). The highest BCUT2D eigenvalue weighted by Crippen LogP contribution is 2.25. The maximum Gasteiger partial charge on any atom is 0.339 e. The van der Waals surface area contributed by atoms with Crippen molar-refractivity contribution in [3.8, 4) is 11.4 Å². The number of rotatable bonds is 7. The molecule has 1 aromatic carbocycles. The summed E-state index contributed by atoms with van der Waals surface area (Å²) in [5.74, 6) is 0.195. The smallest absolute Gasteiger partial charge is 0.339 e. The molecule has 2 aromatic heterocycles. The zero-order valence-corrected chi connectivity index (χ0v) is 21.3. The third-order valence-electron chi connectivity index (χ3n) is 6.72. The number of ether oxygens (including phenoxy) is 1. The highest BCUT2D eigenvalue weighted by Gasteiger charge is 2.30. The molecule has 0 aliphatic carbocycles. The van der Waals surface area contributed by atoms with Crippen LogP contribution in [0, 0.1) is 13.8 Å². The lowest BCUT2D eigenvalue weighted by Crippen LogP contribution is -2.49. The second-order valence-corrected chi connectivity index (χ2v) is 9.12. The molecular formula is C26H31N5O5. The van der Waals surface area contributed by atoms with E-state index in [4.69, 9.17) is 9.26 Å². The van der Waals surface area contributed by atoms with E-state index in [0.29, 0.717) is 54.8 Å². The zero-order chi connectivity index (χ0) is 26.0. The van der Waals surface area contributed by atoms with Gasteiger partial charge in [-0.05, 0) is 26.3 Å². The van der Waals surface area contributed by atoms with Crippen LogP contribution in [0.15, 0.2) is 28.8 Å². The molecule has 1 unspecified atom stereocenters. The van der Waals surface area contributed by atoms with Crippen LogP contribution in [0.5, 0.6) is 0 Å². The molecule has 0 radical (unpaired) electrons. The Bertz CT molecular complexity index is 1270. The van der Waals surface area contributed by atoms with Gasteiger partial charge in [-0.1, -0.05) is 35.0 Å². The summed E-state index contributed by atoms with van der Waals surface area (Å²) in [6.45, 7) is 9.46.